The van der Waals surface area contributed by atoms with E-state index in [1.807, 2.05) is 42.2 Å². The molecular weight excluding hydrogens is 366 g/mol. The van der Waals surface area contributed by atoms with Crippen LogP contribution < -0.4 is 14.5 Å². The Morgan fingerprint density at radius 3 is 2.38 bits per heavy atom. The van der Waals surface area contributed by atoms with E-state index in [4.69, 9.17) is 9.72 Å². The molecule has 2 fully saturated rings. The number of hydrogen-bond donors (Lipinski definition) is 0. The van der Waals surface area contributed by atoms with Crippen LogP contribution in [-0.4, -0.2) is 67.2 Å². The predicted molar refractivity (Wildman–Crippen MR) is 114 cm³/mol. The van der Waals surface area contributed by atoms with Gasteiger partial charge in [-0.25, -0.2) is 4.98 Å². The number of methoxy groups -OCH3 is 1. The van der Waals surface area contributed by atoms with Crippen LogP contribution in [0.15, 0.2) is 30.3 Å². The summed E-state index contributed by atoms with van der Waals surface area (Å²) >= 11 is 0. The fourth-order valence-electron chi connectivity index (χ4n) is 4.06. The number of carbonyl (C=O) groups is 1. The maximum absolute atomic E-state index is 12.9. The third kappa shape index (κ3) is 4.28. The van der Waals surface area contributed by atoms with Crippen molar-refractivity contribution in [1.29, 1.82) is 0 Å². The van der Waals surface area contributed by atoms with Crippen molar-refractivity contribution in [3.8, 4) is 5.75 Å². The molecule has 7 heteroatoms. The first-order valence-corrected chi connectivity index (χ1v) is 10.4. The quantitative estimate of drug-likeness (QED) is 0.793. The van der Waals surface area contributed by atoms with Crippen LogP contribution in [0.25, 0.3) is 0 Å². The first-order valence-electron chi connectivity index (χ1n) is 10.4. The van der Waals surface area contributed by atoms with Crippen molar-refractivity contribution in [2.75, 3.05) is 56.2 Å². The first kappa shape index (κ1) is 19.5. The zero-order valence-electron chi connectivity index (χ0n) is 17.3. The Kier molecular flexibility index (Phi) is 5.83. The fraction of sp³-hybridized carbons (Fsp3) is 0.500. The number of anilines is 2. The van der Waals surface area contributed by atoms with Gasteiger partial charge in [-0.15, -0.1) is 0 Å². The average molecular weight is 396 g/mol. The minimum atomic E-state index is 0.0231. The Labute approximate surface area is 172 Å². The van der Waals surface area contributed by atoms with Gasteiger partial charge >= 0.3 is 0 Å². The summed E-state index contributed by atoms with van der Waals surface area (Å²) < 4.78 is 5.35. The molecule has 2 aliphatic heterocycles. The molecule has 2 aromatic rings. The van der Waals surface area contributed by atoms with Crippen LogP contribution in [0.3, 0.4) is 0 Å². The van der Waals surface area contributed by atoms with Gasteiger partial charge in [0.1, 0.15) is 11.6 Å². The molecule has 2 saturated heterocycles. The van der Waals surface area contributed by atoms with Gasteiger partial charge in [0.25, 0.3) is 5.91 Å². The molecule has 7 nitrogen and oxygen atoms in total. The van der Waals surface area contributed by atoms with Gasteiger partial charge < -0.3 is 19.4 Å². The molecule has 2 aliphatic rings. The van der Waals surface area contributed by atoms with Crippen LogP contribution in [-0.2, 0) is 0 Å². The summed E-state index contributed by atoms with van der Waals surface area (Å²) in [7, 11) is 1.60. The van der Waals surface area contributed by atoms with Crippen molar-refractivity contribution in [2.24, 2.45) is 0 Å². The Morgan fingerprint density at radius 1 is 0.931 bits per heavy atom. The molecule has 0 unspecified atom stereocenters. The third-order valence-corrected chi connectivity index (χ3v) is 5.70. The highest BCUT2D eigenvalue weighted by Gasteiger charge is 2.25. The number of nitrogens with zero attached hydrogens (tertiary/aromatic N) is 5. The van der Waals surface area contributed by atoms with Gasteiger partial charge in [0.2, 0.25) is 5.95 Å². The number of ether oxygens (including phenoxy) is 1. The summed E-state index contributed by atoms with van der Waals surface area (Å²) in [5.41, 5.74) is 1.61. The van der Waals surface area contributed by atoms with Crippen molar-refractivity contribution in [3.05, 3.63) is 41.6 Å². The monoisotopic (exact) mass is 395 g/mol. The molecule has 29 heavy (non-hydrogen) atoms. The van der Waals surface area contributed by atoms with Gasteiger partial charge in [-0.3, -0.25) is 4.79 Å². The largest absolute Gasteiger partial charge is 0.496 e. The molecule has 1 aromatic carbocycles. The number of aromatic nitrogens is 2. The Bertz CT molecular complexity index is 858. The zero-order chi connectivity index (χ0) is 20.2. The Balaban J connectivity index is 1.44. The van der Waals surface area contributed by atoms with E-state index in [1.165, 1.54) is 19.3 Å². The standard InChI is InChI=1S/C22H29N5O2/c1-17-16-20(24-22(23-17)27-10-6-3-7-11-27)25-12-14-26(15-13-25)21(28)18-8-4-5-9-19(18)29-2/h4-5,8-9,16H,3,6-7,10-15H2,1-2H3. The Hall–Kier alpha value is -2.83. The first-order chi connectivity index (χ1) is 14.2. The van der Waals surface area contributed by atoms with Crippen LogP contribution >= 0.6 is 0 Å². The lowest BCUT2D eigenvalue weighted by atomic mass is 10.1. The molecule has 4 rings (SSSR count). The van der Waals surface area contributed by atoms with E-state index in [0.29, 0.717) is 24.4 Å². The SMILES string of the molecule is COc1ccccc1C(=O)N1CCN(c2cc(C)nc(N3CCCCC3)n2)CC1. The van der Waals surface area contributed by atoms with Gasteiger partial charge in [0.15, 0.2) is 0 Å². The molecule has 0 N–H and O–H groups in total. The summed E-state index contributed by atoms with van der Waals surface area (Å²) in [5, 5.41) is 0. The number of benzene rings is 1. The zero-order valence-corrected chi connectivity index (χ0v) is 17.3. The highest BCUT2D eigenvalue weighted by atomic mass is 16.5. The van der Waals surface area contributed by atoms with Crippen molar-refractivity contribution < 1.29 is 9.53 Å². The van der Waals surface area contributed by atoms with E-state index in [1.54, 1.807) is 7.11 Å². The minimum absolute atomic E-state index is 0.0231. The van der Waals surface area contributed by atoms with Crippen LogP contribution in [0.2, 0.25) is 0 Å². The molecule has 3 heterocycles. The number of rotatable bonds is 4. The molecule has 1 amide bonds. The van der Waals surface area contributed by atoms with Gasteiger partial charge in [-0.05, 0) is 38.3 Å². The molecule has 0 atom stereocenters. The molecule has 0 bridgehead atoms. The predicted octanol–water partition coefficient (Wildman–Crippen LogP) is 2.75. The normalized spacial score (nSPS) is 17.4. The van der Waals surface area contributed by atoms with Crippen LogP contribution in [0.5, 0.6) is 5.75 Å². The number of carbonyl (C=O) groups excluding carboxylic acids is 1. The molecular formula is C22H29N5O2. The summed E-state index contributed by atoms with van der Waals surface area (Å²) in [6.07, 6.45) is 3.70. The smallest absolute Gasteiger partial charge is 0.257 e. The molecule has 0 spiro atoms. The van der Waals surface area contributed by atoms with Crippen molar-refractivity contribution in [3.63, 3.8) is 0 Å². The number of amides is 1. The second-order valence-corrected chi connectivity index (χ2v) is 7.69. The van der Waals surface area contributed by atoms with E-state index >= 15 is 0 Å². The number of aryl methyl sites for hydroxylation is 1. The fourth-order valence-corrected chi connectivity index (χ4v) is 4.06. The van der Waals surface area contributed by atoms with E-state index in [-0.39, 0.29) is 5.91 Å². The van der Waals surface area contributed by atoms with Crippen LogP contribution in [0, 0.1) is 6.92 Å². The van der Waals surface area contributed by atoms with Gasteiger partial charge in [-0.2, -0.15) is 4.98 Å². The average Bonchev–Trinajstić information content (AvgIpc) is 2.79. The van der Waals surface area contributed by atoms with Crippen LogP contribution in [0.1, 0.15) is 35.3 Å². The van der Waals surface area contributed by atoms with Crippen molar-refractivity contribution in [1.82, 2.24) is 14.9 Å². The van der Waals surface area contributed by atoms with E-state index in [9.17, 15) is 4.79 Å². The molecule has 0 radical (unpaired) electrons. The number of piperazine rings is 1. The topological polar surface area (TPSA) is 61.8 Å². The minimum Gasteiger partial charge on any atom is -0.496 e. The maximum atomic E-state index is 12.9. The van der Waals surface area contributed by atoms with E-state index < -0.39 is 0 Å². The van der Waals surface area contributed by atoms with Crippen molar-refractivity contribution >= 4 is 17.7 Å². The lowest BCUT2D eigenvalue weighted by Crippen LogP contribution is -2.49. The lowest BCUT2D eigenvalue weighted by Gasteiger charge is -2.36. The summed E-state index contributed by atoms with van der Waals surface area (Å²) in [4.78, 5) is 28.9. The molecule has 1 aromatic heterocycles. The molecule has 0 aliphatic carbocycles. The highest BCUT2D eigenvalue weighted by Crippen LogP contribution is 2.23. The maximum Gasteiger partial charge on any atom is 0.257 e. The van der Waals surface area contributed by atoms with E-state index in [2.05, 4.69) is 14.8 Å². The second-order valence-electron chi connectivity index (χ2n) is 7.69. The molecule has 0 saturated carbocycles. The summed E-state index contributed by atoms with van der Waals surface area (Å²) in [5.74, 6) is 2.45. The van der Waals surface area contributed by atoms with Crippen LogP contribution in [0.4, 0.5) is 11.8 Å². The van der Waals surface area contributed by atoms with Gasteiger partial charge in [0.05, 0.1) is 12.7 Å². The summed E-state index contributed by atoms with van der Waals surface area (Å²) in [6, 6.07) is 9.45. The summed E-state index contributed by atoms with van der Waals surface area (Å²) in [6.45, 7) is 6.94. The third-order valence-electron chi connectivity index (χ3n) is 5.70. The Morgan fingerprint density at radius 2 is 1.66 bits per heavy atom. The van der Waals surface area contributed by atoms with Gasteiger partial charge in [0, 0.05) is 51.0 Å². The van der Waals surface area contributed by atoms with Gasteiger partial charge in [-0.1, -0.05) is 12.1 Å². The molecule has 154 valence electrons. The highest BCUT2D eigenvalue weighted by molar-refractivity contribution is 5.97. The number of piperidine rings is 1. The van der Waals surface area contributed by atoms with E-state index in [0.717, 1.165) is 43.6 Å². The number of hydrogen-bond acceptors (Lipinski definition) is 6. The second kappa shape index (κ2) is 8.68. The van der Waals surface area contributed by atoms with Crippen molar-refractivity contribution in [2.45, 2.75) is 26.2 Å². The number of para-hydroxylation sites is 1. The lowest BCUT2D eigenvalue weighted by molar-refractivity contribution is 0.0743.